The molecule has 1 aromatic heterocycles. The summed E-state index contributed by atoms with van der Waals surface area (Å²) in [6.45, 7) is 5.32. The van der Waals surface area contributed by atoms with Gasteiger partial charge in [-0.25, -0.2) is 0 Å². The van der Waals surface area contributed by atoms with E-state index in [9.17, 15) is 4.79 Å². The lowest BCUT2D eigenvalue weighted by molar-refractivity contribution is 0.0176. The minimum Gasteiger partial charge on any atom is -0.485 e. The second kappa shape index (κ2) is 5.56. The summed E-state index contributed by atoms with van der Waals surface area (Å²) in [5, 5.41) is 0. The number of carbonyl (C=O) groups is 1. The van der Waals surface area contributed by atoms with Crippen molar-refractivity contribution in [1.82, 2.24) is 9.88 Å². The zero-order chi connectivity index (χ0) is 14.8. The number of benzene rings is 1. The average Bonchev–Trinajstić information content (AvgIpc) is 2.46. The van der Waals surface area contributed by atoms with Gasteiger partial charge in [-0.05, 0) is 49.2 Å². The molecule has 1 amide bonds. The maximum atomic E-state index is 12.3. The maximum absolute atomic E-state index is 12.3. The molecule has 21 heavy (non-hydrogen) atoms. The van der Waals surface area contributed by atoms with E-state index in [1.54, 1.807) is 12.4 Å². The molecule has 0 spiro atoms. The van der Waals surface area contributed by atoms with Crippen LogP contribution in [0.1, 0.15) is 21.5 Å². The molecule has 0 unspecified atom stereocenters. The lowest BCUT2D eigenvalue weighted by Crippen LogP contribution is -2.56. The van der Waals surface area contributed by atoms with Crippen LogP contribution in [0.2, 0.25) is 0 Å². The van der Waals surface area contributed by atoms with Gasteiger partial charge >= 0.3 is 0 Å². The summed E-state index contributed by atoms with van der Waals surface area (Å²) in [6, 6.07) is 9.55. The van der Waals surface area contributed by atoms with E-state index < -0.39 is 0 Å². The highest BCUT2D eigenvalue weighted by atomic mass is 16.5. The fraction of sp³-hybridized carbons (Fsp3) is 0.294. The smallest absolute Gasteiger partial charge is 0.254 e. The number of hydrogen-bond donors (Lipinski definition) is 0. The Hall–Kier alpha value is -2.36. The number of nitrogens with zero attached hydrogens (tertiary/aromatic N) is 2. The summed E-state index contributed by atoms with van der Waals surface area (Å²) in [4.78, 5) is 18.2. The number of aryl methyl sites for hydroxylation is 2. The third-order valence-corrected chi connectivity index (χ3v) is 3.83. The molecule has 1 saturated heterocycles. The van der Waals surface area contributed by atoms with Crippen molar-refractivity contribution in [2.45, 2.75) is 20.0 Å². The third kappa shape index (κ3) is 2.89. The van der Waals surface area contributed by atoms with E-state index in [1.165, 1.54) is 5.56 Å². The van der Waals surface area contributed by atoms with Crippen LogP contribution in [-0.2, 0) is 0 Å². The minimum absolute atomic E-state index is 0.0599. The first-order valence-corrected chi connectivity index (χ1v) is 7.06. The lowest BCUT2D eigenvalue weighted by atomic mass is 10.0. The van der Waals surface area contributed by atoms with E-state index in [2.05, 4.69) is 4.98 Å². The van der Waals surface area contributed by atoms with Gasteiger partial charge in [-0.1, -0.05) is 6.07 Å². The summed E-state index contributed by atoms with van der Waals surface area (Å²) in [5.74, 6) is 0.824. The van der Waals surface area contributed by atoms with Crippen molar-refractivity contribution in [3.8, 4) is 5.75 Å². The van der Waals surface area contributed by atoms with Gasteiger partial charge in [-0.3, -0.25) is 9.78 Å². The summed E-state index contributed by atoms with van der Waals surface area (Å²) in [5.41, 5.74) is 3.09. The van der Waals surface area contributed by atoms with Gasteiger partial charge in [0.1, 0.15) is 11.9 Å². The van der Waals surface area contributed by atoms with Crippen molar-refractivity contribution in [3.63, 3.8) is 0 Å². The van der Waals surface area contributed by atoms with Crippen molar-refractivity contribution in [2.24, 2.45) is 0 Å². The first-order valence-electron chi connectivity index (χ1n) is 7.06. The number of ether oxygens (including phenoxy) is 1. The third-order valence-electron chi connectivity index (χ3n) is 3.83. The summed E-state index contributed by atoms with van der Waals surface area (Å²) in [6.07, 6.45) is 3.46. The van der Waals surface area contributed by atoms with Crippen LogP contribution in [0.15, 0.2) is 42.7 Å². The highest BCUT2D eigenvalue weighted by Gasteiger charge is 2.32. The molecular weight excluding hydrogens is 264 g/mol. The molecule has 0 saturated carbocycles. The number of rotatable bonds is 3. The SMILES string of the molecule is Cc1ccc(C(=O)N2CC(Oc3cccnc3)C2)cc1C. The van der Waals surface area contributed by atoms with Crippen LogP contribution in [0.3, 0.4) is 0 Å². The standard InChI is InChI=1S/C17H18N2O2/c1-12-5-6-14(8-13(12)2)17(20)19-10-16(11-19)21-15-4-3-7-18-9-15/h3-9,16H,10-11H2,1-2H3. The van der Waals surface area contributed by atoms with E-state index in [1.807, 2.05) is 49.1 Å². The Morgan fingerprint density at radius 2 is 2.05 bits per heavy atom. The van der Waals surface area contributed by atoms with Crippen LogP contribution in [0.4, 0.5) is 0 Å². The second-order valence-corrected chi connectivity index (χ2v) is 5.44. The fourth-order valence-electron chi connectivity index (χ4n) is 2.34. The predicted molar refractivity (Wildman–Crippen MR) is 80.5 cm³/mol. The zero-order valence-corrected chi connectivity index (χ0v) is 12.2. The Balaban J connectivity index is 1.58. The highest BCUT2D eigenvalue weighted by molar-refractivity contribution is 5.95. The number of carbonyl (C=O) groups excluding carboxylic acids is 1. The normalized spacial score (nSPS) is 14.7. The van der Waals surface area contributed by atoms with Gasteiger partial charge in [0.2, 0.25) is 0 Å². The molecule has 2 heterocycles. The van der Waals surface area contributed by atoms with E-state index in [0.717, 1.165) is 16.9 Å². The van der Waals surface area contributed by atoms with E-state index in [4.69, 9.17) is 4.74 Å². The van der Waals surface area contributed by atoms with Crippen LogP contribution in [0.5, 0.6) is 5.75 Å². The van der Waals surface area contributed by atoms with E-state index in [-0.39, 0.29) is 12.0 Å². The first kappa shape index (κ1) is 13.6. The molecule has 0 atom stereocenters. The Labute approximate surface area is 124 Å². The van der Waals surface area contributed by atoms with Crippen molar-refractivity contribution in [2.75, 3.05) is 13.1 Å². The van der Waals surface area contributed by atoms with Crippen LogP contribution in [0, 0.1) is 13.8 Å². The molecule has 4 nitrogen and oxygen atoms in total. The van der Waals surface area contributed by atoms with Crippen molar-refractivity contribution in [1.29, 1.82) is 0 Å². The van der Waals surface area contributed by atoms with Gasteiger partial charge in [0.15, 0.2) is 0 Å². The molecule has 3 rings (SSSR count). The van der Waals surface area contributed by atoms with Gasteiger partial charge in [0.25, 0.3) is 5.91 Å². The minimum atomic E-state index is 0.0599. The predicted octanol–water partition coefficient (Wildman–Crippen LogP) is 2.60. The van der Waals surface area contributed by atoms with Crippen LogP contribution < -0.4 is 4.74 Å². The van der Waals surface area contributed by atoms with Gasteiger partial charge in [-0.2, -0.15) is 0 Å². The summed E-state index contributed by atoms with van der Waals surface area (Å²) < 4.78 is 5.75. The molecule has 1 aromatic carbocycles. The molecule has 1 fully saturated rings. The van der Waals surface area contributed by atoms with Crippen LogP contribution >= 0.6 is 0 Å². The Kier molecular flexibility index (Phi) is 3.60. The van der Waals surface area contributed by atoms with Gasteiger partial charge in [-0.15, -0.1) is 0 Å². The monoisotopic (exact) mass is 282 g/mol. The highest BCUT2D eigenvalue weighted by Crippen LogP contribution is 2.20. The first-order chi connectivity index (χ1) is 10.1. The largest absolute Gasteiger partial charge is 0.485 e. The molecule has 1 aliphatic heterocycles. The molecule has 2 aromatic rings. The molecule has 0 radical (unpaired) electrons. The van der Waals surface area contributed by atoms with E-state index in [0.29, 0.717) is 13.1 Å². The Morgan fingerprint density at radius 3 is 2.71 bits per heavy atom. The number of aromatic nitrogens is 1. The number of pyridine rings is 1. The number of likely N-dealkylation sites (tertiary alicyclic amines) is 1. The molecule has 1 aliphatic rings. The second-order valence-electron chi connectivity index (χ2n) is 5.44. The average molecular weight is 282 g/mol. The van der Waals surface area contributed by atoms with Gasteiger partial charge in [0, 0.05) is 11.8 Å². The molecular formula is C17H18N2O2. The van der Waals surface area contributed by atoms with Crippen LogP contribution in [-0.4, -0.2) is 35.0 Å². The van der Waals surface area contributed by atoms with Crippen molar-refractivity contribution in [3.05, 3.63) is 59.4 Å². The zero-order valence-electron chi connectivity index (χ0n) is 12.2. The number of hydrogen-bond acceptors (Lipinski definition) is 3. The quantitative estimate of drug-likeness (QED) is 0.869. The summed E-state index contributed by atoms with van der Waals surface area (Å²) >= 11 is 0. The fourth-order valence-corrected chi connectivity index (χ4v) is 2.34. The number of amides is 1. The van der Waals surface area contributed by atoms with Crippen molar-refractivity contribution >= 4 is 5.91 Å². The maximum Gasteiger partial charge on any atom is 0.254 e. The molecule has 0 aliphatic carbocycles. The lowest BCUT2D eigenvalue weighted by Gasteiger charge is -2.39. The molecule has 0 bridgehead atoms. The summed E-state index contributed by atoms with van der Waals surface area (Å²) in [7, 11) is 0. The Morgan fingerprint density at radius 1 is 1.24 bits per heavy atom. The van der Waals surface area contributed by atoms with Gasteiger partial charge < -0.3 is 9.64 Å². The molecule has 0 N–H and O–H groups in total. The van der Waals surface area contributed by atoms with Crippen molar-refractivity contribution < 1.29 is 9.53 Å². The topological polar surface area (TPSA) is 42.4 Å². The Bertz CT molecular complexity index is 649. The van der Waals surface area contributed by atoms with E-state index >= 15 is 0 Å². The molecule has 4 heteroatoms. The van der Waals surface area contributed by atoms with Crippen LogP contribution in [0.25, 0.3) is 0 Å². The molecule has 108 valence electrons. The van der Waals surface area contributed by atoms with Gasteiger partial charge in [0.05, 0.1) is 19.3 Å².